The van der Waals surface area contributed by atoms with Crippen molar-refractivity contribution >= 4 is 23.4 Å². The van der Waals surface area contributed by atoms with E-state index in [1.165, 1.54) is 0 Å². The fraction of sp³-hybridized carbons (Fsp3) is 0.556. The average Bonchev–Trinajstić information content (AvgIpc) is 3.38. The number of piperidine rings is 1. The molecule has 1 atom stereocenters. The molecule has 24 heavy (non-hydrogen) atoms. The number of carbonyl (C=O) groups excluding carboxylic acids is 2. The lowest BCUT2D eigenvalue weighted by molar-refractivity contribution is -0.141. The van der Waals surface area contributed by atoms with Gasteiger partial charge in [-0.05, 0) is 50.8 Å². The van der Waals surface area contributed by atoms with Gasteiger partial charge < -0.3 is 15.0 Å². The zero-order valence-electron chi connectivity index (χ0n) is 13.8. The minimum absolute atomic E-state index is 0.0267. The summed E-state index contributed by atoms with van der Waals surface area (Å²) in [5.74, 6) is 0.713. The Kier molecular flexibility index (Phi) is 5.29. The molecule has 0 spiro atoms. The lowest BCUT2D eigenvalue weighted by atomic mass is 9.95. The highest BCUT2D eigenvalue weighted by Crippen LogP contribution is 2.24. The molecule has 1 saturated heterocycles. The fourth-order valence-electron chi connectivity index (χ4n) is 2.96. The van der Waals surface area contributed by atoms with Crippen molar-refractivity contribution < 1.29 is 14.3 Å². The number of hydrogen-bond acceptors (Lipinski definition) is 3. The van der Waals surface area contributed by atoms with E-state index in [-0.39, 0.29) is 17.7 Å². The second kappa shape index (κ2) is 7.43. The Bertz CT molecular complexity index is 610. The molecule has 3 rings (SSSR count). The predicted molar refractivity (Wildman–Crippen MR) is 92.0 cm³/mol. The molecular weight excluding hydrogens is 328 g/mol. The Morgan fingerprint density at radius 2 is 1.96 bits per heavy atom. The minimum atomic E-state index is -0.569. The molecule has 2 fully saturated rings. The van der Waals surface area contributed by atoms with Gasteiger partial charge in [0.2, 0.25) is 5.91 Å². The first-order valence-electron chi connectivity index (χ1n) is 8.54. The number of nitrogens with one attached hydrogen (secondary N) is 1. The lowest BCUT2D eigenvalue weighted by Crippen LogP contribution is -2.47. The van der Waals surface area contributed by atoms with Crippen molar-refractivity contribution in [1.29, 1.82) is 0 Å². The molecule has 1 aromatic rings. The normalized spacial score (nSPS) is 19.7. The van der Waals surface area contributed by atoms with Crippen LogP contribution in [0.25, 0.3) is 0 Å². The summed E-state index contributed by atoms with van der Waals surface area (Å²) < 4.78 is 5.69. The summed E-state index contributed by atoms with van der Waals surface area (Å²) in [6.45, 7) is 2.95. The predicted octanol–water partition coefficient (Wildman–Crippen LogP) is 2.62. The van der Waals surface area contributed by atoms with Crippen LogP contribution in [0.5, 0.6) is 5.75 Å². The van der Waals surface area contributed by atoms with E-state index < -0.39 is 6.10 Å². The maximum atomic E-state index is 12.5. The van der Waals surface area contributed by atoms with Crippen molar-refractivity contribution in [1.82, 2.24) is 10.2 Å². The largest absolute Gasteiger partial charge is 0.481 e. The van der Waals surface area contributed by atoms with Gasteiger partial charge in [0, 0.05) is 30.1 Å². The van der Waals surface area contributed by atoms with Crippen LogP contribution in [0.4, 0.5) is 0 Å². The highest BCUT2D eigenvalue weighted by molar-refractivity contribution is 6.30. The van der Waals surface area contributed by atoms with Crippen LogP contribution >= 0.6 is 11.6 Å². The Balaban J connectivity index is 1.48. The van der Waals surface area contributed by atoms with E-state index in [9.17, 15) is 9.59 Å². The second-order valence-electron chi connectivity index (χ2n) is 6.60. The molecule has 1 unspecified atom stereocenters. The van der Waals surface area contributed by atoms with Crippen molar-refractivity contribution in [3.8, 4) is 5.75 Å². The molecule has 0 bridgehead atoms. The van der Waals surface area contributed by atoms with Crippen LogP contribution in [0.3, 0.4) is 0 Å². The van der Waals surface area contributed by atoms with Crippen molar-refractivity contribution in [2.45, 2.75) is 44.8 Å². The highest BCUT2D eigenvalue weighted by Gasteiger charge is 2.32. The number of amides is 2. The van der Waals surface area contributed by atoms with Gasteiger partial charge in [0.05, 0.1) is 0 Å². The van der Waals surface area contributed by atoms with Gasteiger partial charge in [-0.15, -0.1) is 0 Å². The number of ether oxygens (including phenoxy) is 1. The standard InChI is InChI=1S/C18H23ClN2O3/c1-12(24-16-4-2-3-14(19)11-16)18(23)21-9-7-13(8-10-21)17(22)20-15-5-6-15/h2-4,11-13,15H,5-10H2,1H3,(H,20,22). The number of carbonyl (C=O) groups is 2. The molecule has 0 aromatic heterocycles. The molecule has 1 saturated carbocycles. The van der Waals surface area contributed by atoms with Gasteiger partial charge in [0.25, 0.3) is 5.91 Å². The van der Waals surface area contributed by atoms with Crippen LogP contribution in [-0.4, -0.2) is 41.9 Å². The minimum Gasteiger partial charge on any atom is -0.481 e. The van der Waals surface area contributed by atoms with Crippen LogP contribution in [0.1, 0.15) is 32.6 Å². The lowest BCUT2D eigenvalue weighted by Gasteiger charge is -2.33. The highest BCUT2D eigenvalue weighted by atomic mass is 35.5. The van der Waals surface area contributed by atoms with Gasteiger partial charge in [-0.3, -0.25) is 9.59 Å². The van der Waals surface area contributed by atoms with E-state index in [0.29, 0.717) is 42.7 Å². The molecule has 130 valence electrons. The van der Waals surface area contributed by atoms with E-state index in [2.05, 4.69) is 5.32 Å². The number of nitrogens with zero attached hydrogens (tertiary/aromatic N) is 1. The zero-order valence-corrected chi connectivity index (χ0v) is 14.6. The van der Waals surface area contributed by atoms with Crippen LogP contribution in [0.2, 0.25) is 5.02 Å². The van der Waals surface area contributed by atoms with Crippen LogP contribution in [-0.2, 0) is 9.59 Å². The number of benzene rings is 1. The summed E-state index contributed by atoms with van der Waals surface area (Å²) >= 11 is 5.93. The van der Waals surface area contributed by atoms with E-state index in [0.717, 1.165) is 12.8 Å². The smallest absolute Gasteiger partial charge is 0.263 e. The monoisotopic (exact) mass is 350 g/mol. The number of rotatable bonds is 5. The van der Waals surface area contributed by atoms with E-state index >= 15 is 0 Å². The molecule has 2 aliphatic rings. The first kappa shape index (κ1) is 17.1. The van der Waals surface area contributed by atoms with Crippen molar-refractivity contribution in [3.05, 3.63) is 29.3 Å². The summed E-state index contributed by atoms with van der Waals surface area (Å²) in [4.78, 5) is 26.4. The third-order valence-electron chi connectivity index (χ3n) is 4.56. The second-order valence-corrected chi connectivity index (χ2v) is 7.04. The van der Waals surface area contributed by atoms with E-state index in [4.69, 9.17) is 16.3 Å². The summed E-state index contributed by atoms with van der Waals surface area (Å²) in [6.07, 6.45) is 3.06. The van der Waals surface area contributed by atoms with Gasteiger partial charge in [0.1, 0.15) is 5.75 Å². The summed E-state index contributed by atoms with van der Waals surface area (Å²) in [6, 6.07) is 7.42. The molecule has 5 nitrogen and oxygen atoms in total. The molecule has 1 heterocycles. The van der Waals surface area contributed by atoms with Gasteiger partial charge in [-0.2, -0.15) is 0 Å². The number of hydrogen-bond donors (Lipinski definition) is 1. The topological polar surface area (TPSA) is 58.6 Å². The first-order chi connectivity index (χ1) is 11.5. The first-order valence-corrected chi connectivity index (χ1v) is 8.92. The molecule has 2 amide bonds. The number of halogens is 1. The molecular formula is C18H23ClN2O3. The fourth-order valence-corrected chi connectivity index (χ4v) is 3.14. The Labute approximate surface area is 147 Å². The summed E-state index contributed by atoms with van der Waals surface area (Å²) in [5.41, 5.74) is 0. The summed E-state index contributed by atoms with van der Waals surface area (Å²) in [5, 5.41) is 3.63. The van der Waals surface area contributed by atoms with Crippen LogP contribution < -0.4 is 10.1 Å². The van der Waals surface area contributed by atoms with Crippen LogP contribution in [0, 0.1) is 5.92 Å². The van der Waals surface area contributed by atoms with Crippen molar-refractivity contribution in [2.75, 3.05) is 13.1 Å². The van der Waals surface area contributed by atoms with Gasteiger partial charge in [-0.25, -0.2) is 0 Å². The number of likely N-dealkylation sites (tertiary alicyclic amines) is 1. The maximum Gasteiger partial charge on any atom is 0.263 e. The van der Waals surface area contributed by atoms with E-state index in [1.807, 2.05) is 0 Å². The SMILES string of the molecule is CC(Oc1cccc(Cl)c1)C(=O)N1CCC(C(=O)NC2CC2)CC1. The maximum absolute atomic E-state index is 12.5. The van der Waals surface area contributed by atoms with Crippen molar-refractivity contribution in [2.24, 2.45) is 5.92 Å². The molecule has 1 aromatic carbocycles. The van der Waals surface area contributed by atoms with E-state index in [1.54, 1.807) is 36.1 Å². The summed E-state index contributed by atoms with van der Waals surface area (Å²) in [7, 11) is 0. The average molecular weight is 351 g/mol. The van der Waals surface area contributed by atoms with Gasteiger partial charge >= 0.3 is 0 Å². The molecule has 1 N–H and O–H groups in total. The quantitative estimate of drug-likeness (QED) is 0.888. The van der Waals surface area contributed by atoms with Gasteiger partial charge in [0.15, 0.2) is 6.10 Å². The van der Waals surface area contributed by atoms with Crippen molar-refractivity contribution in [3.63, 3.8) is 0 Å². The Hall–Kier alpha value is -1.75. The Morgan fingerprint density at radius 1 is 1.25 bits per heavy atom. The van der Waals surface area contributed by atoms with Gasteiger partial charge in [-0.1, -0.05) is 17.7 Å². The molecule has 0 radical (unpaired) electrons. The molecule has 1 aliphatic carbocycles. The van der Waals surface area contributed by atoms with Crippen LogP contribution in [0.15, 0.2) is 24.3 Å². The zero-order chi connectivity index (χ0) is 17.1. The third-order valence-corrected chi connectivity index (χ3v) is 4.79. The Morgan fingerprint density at radius 3 is 2.58 bits per heavy atom. The molecule has 6 heteroatoms. The third kappa shape index (κ3) is 4.41. The molecule has 1 aliphatic heterocycles.